The quantitative estimate of drug-likeness (QED) is 0.859. The van der Waals surface area contributed by atoms with E-state index in [1.807, 2.05) is 36.4 Å². The van der Waals surface area contributed by atoms with Crippen molar-refractivity contribution >= 4 is 29.1 Å². The molecule has 1 saturated heterocycles. The van der Waals surface area contributed by atoms with Crippen molar-refractivity contribution in [3.8, 4) is 0 Å². The zero-order valence-corrected chi connectivity index (χ0v) is 14.1. The molecule has 0 aromatic heterocycles. The first kappa shape index (κ1) is 15.0. The molecule has 3 atom stereocenters. The van der Waals surface area contributed by atoms with E-state index in [4.69, 9.17) is 23.2 Å². The van der Waals surface area contributed by atoms with Crippen LogP contribution in [0, 0.1) is 5.92 Å². The van der Waals surface area contributed by atoms with Gasteiger partial charge in [0, 0.05) is 16.1 Å². The van der Waals surface area contributed by atoms with Crippen LogP contribution in [-0.4, -0.2) is 11.9 Å². The van der Waals surface area contributed by atoms with E-state index in [0.717, 1.165) is 34.9 Å². The van der Waals surface area contributed by atoms with Crippen LogP contribution in [-0.2, 0) is 17.6 Å². The summed E-state index contributed by atoms with van der Waals surface area (Å²) in [5.41, 5.74) is 3.54. The summed E-state index contributed by atoms with van der Waals surface area (Å²) >= 11 is 12.2. The standard InChI is InChI=1S/C19H17Cl2NO/c20-13-3-1-2-11(8-13)9-17-16-6-4-12-10-14(21)5-7-15(12)18(16)19(23)22-17/h1-3,5,7-8,10,16-18H,4,6,9H2,(H,22,23). The monoisotopic (exact) mass is 345 g/mol. The second kappa shape index (κ2) is 5.85. The zero-order valence-electron chi connectivity index (χ0n) is 12.6. The van der Waals surface area contributed by atoms with E-state index in [-0.39, 0.29) is 17.9 Å². The average Bonchev–Trinajstić information content (AvgIpc) is 2.83. The number of benzene rings is 2. The van der Waals surface area contributed by atoms with Crippen LogP contribution in [0.5, 0.6) is 0 Å². The SMILES string of the molecule is O=C1NC(Cc2cccc(Cl)c2)C2CCc3cc(Cl)ccc3C12. The lowest BCUT2D eigenvalue weighted by atomic mass is 9.73. The first-order chi connectivity index (χ1) is 11.1. The third kappa shape index (κ3) is 2.75. The maximum absolute atomic E-state index is 12.6. The van der Waals surface area contributed by atoms with Gasteiger partial charge in [0.25, 0.3) is 0 Å². The summed E-state index contributed by atoms with van der Waals surface area (Å²) in [6, 6.07) is 14.0. The van der Waals surface area contributed by atoms with Crippen molar-refractivity contribution in [2.75, 3.05) is 0 Å². The molecular weight excluding hydrogens is 329 g/mol. The Morgan fingerprint density at radius 1 is 1.09 bits per heavy atom. The van der Waals surface area contributed by atoms with Gasteiger partial charge in [-0.15, -0.1) is 0 Å². The van der Waals surface area contributed by atoms with Crippen LogP contribution in [0.2, 0.25) is 10.0 Å². The van der Waals surface area contributed by atoms with E-state index < -0.39 is 0 Å². The molecular formula is C19H17Cl2NO. The number of rotatable bonds is 2. The number of hydrogen-bond acceptors (Lipinski definition) is 1. The molecule has 4 heteroatoms. The van der Waals surface area contributed by atoms with Gasteiger partial charge < -0.3 is 5.32 Å². The van der Waals surface area contributed by atoms with E-state index >= 15 is 0 Å². The molecule has 1 heterocycles. The molecule has 4 rings (SSSR count). The number of carbonyl (C=O) groups excluding carboxylic acids is 1. The maximum atomic E-state index is 12.6. The number of nitrogens with one attached hydrogen (secondary N) is 1. The number of fused-ring (bicyclic) bond motifs is 3. The summed E-state index contributed by atoms with van der Waals surface area (Å²) in [6.07, 6.45) is 2.83. The van der Waals surface area contributed by atoms with Crippen molar-refractivity contribution in [1.29, 1.82) is 0 Å². The second-order valence-corrected chi connectivity index (χ2v) is 7.35. The first-order valence-electron chi connectivity index (χ1n) is 7.95. The van der Waals surface area contributed by atoms with Crippen molar-refractivity contribution < 1.29 is 4.79 Å². The van der Waals surface area contributed by atoms with E-state index in [1.54, 1.807) is 0 Å². The fraction of sp³-hybridized carbons (Fsp3) is 0.316. The number of hydrogen-bond donors (Lipinski definition) is 1. The smallest absolute Gasteiger partial charge is 0.228 e. The third-order valence-electron chi connectivity index (χ3n) is 5.09. The molecule has 0 bridgehead atoms. The molecule has 1 amide bonds. The van der Waals surface area contributed by atoms with Gasteiger partial charge in [-0.25, -0.2) is 0 Å². The van der Waals surface area contributed by atoms with Crippen LogP contribution < -0.4 is 5.32 Å². The second-order valence-electron chi connectivity index (χ2n) is 6.47. The topological polar surface area (TPSA) is 29.1 Å². The van der Waals surface area contributed by atoms with Crippen molar-refractivity contribution in [2.24, 2.45) is 5.92 Å². The molecule has 3 unspecified atom stereocenters. The molecule has 2 aromatic carbocycles. The fourth-order valence-corrected chi connectivity index (χ4v) is 4.49. The first-order valence-corrected chi connectivity index (χ1v) is 8.70. The van der Waals surface area contributed by atoms with Crippen LogP contribution >= 0.6 is 23.2 Å². The van der Waals surface area contributed by atoms with Crippen LogP contribution in [0.1, 0.15) is 29.0 Å². The van der Waals surface area contributed by atoms with Crippen molar-refractivity contribution in [1.82, 2.24) is 5.32 Å². The van der Waals surface area contributed by atoms with E-state index in [0.29, 0.717) is 5.92 Å². The van der Waals surface area contributed by atoms with E-state index in [1.165, 1.54) is 11.1 Å². The lowest BCUT2D eigenvalue weighted by Gasteiger charge is -2.29. The zero-order chi connectivity index (χ0) is 16.0. The minimum absolute atomic E-state index is 0.0415. The lowest BCUT2D eigenvalue weighted by Crippen LogP contribution is -2.31. The molecule has 118 valence electrons. The molecule has 2 aliphatic rings. The highest BCUT2D eigenvalue weighted by Crippen LogP contribution is 2.43. The Kier molecular flexibility index (Phi) is 3.82. The highest BCUT2D eigenvalue weighted by Gasteiger charge is 2.45. The summed E-state index contributed by atoms with van der Waals surface area (Å²) in [4.78, 5) is 12.6. The Bertz CT molecular complexity index is 774. The largest absolute Gasteiger partial charge is 0.352 e. The summed E-state index contributed by atoms with van der Waals surface area (Å²) in [7, 11) is 0. The number of halogens is 2. The third-order valence-corrected chi connectivity index (χ3v) is 5.56. The molecule has 1 aliphatic heterocycles. The summed E-state index contributed by atoms with van der Waals surface area (Å²) in [5, 5.41) is 4.69. The predicted octanol–water partition coefficient (Wildman–Crippen LogP) is 4.38. The number of carbonyl (C=O) groups is 1. The molecule has 1 N–H and O–H groups in total. The van der Waals surface area contributed by atoms with Gasteiger partial charge >= 0.3 is 0 Å². The predicted molar refractivity (Wildman–Crippen MR) is 93.1 cm³/mol. The molecule has 2 aromatic rings. The minimum Gasteiger partial charge on any atom is -0.352 e. The minimum atomic E-state index is -0.0415. The van der Waals surface area contributed by atoms with Crippen LogP contribution in [0.25, 0.3) is 0 Å². The van der Waals surface area contributed by atoms with Gasteiger partial charge in [-0.05, 0) is 66.1 Å². The van der Waals surface area contributed by atoms with Gasteiger partial charge in [0.2, 0.25) is 5.91 Å². The average molecular weight is 346 g/mol. The van der Waals surface area contributed by atoms with Gasteiger partial charge in [0.05, 0.1) is 5.92 Å². The van der Waals surface area contributed by atoms with Gasteiger partial charge in [0.1, 0.15) is 0 Å². The Balaban J connectivity index is 1.62. The molecule has 23 heavy (non-hydrogen) atoms. The van der Waals surface area contributed by atoms with Crippen molar-refractivity contribution in [2.45, 2.75) is 31.2 Å². The van der Waals surface area contributed by atoms with Gasteiger partial charge in [-0.2, -0.15) is 0 Å². The van der Waals surface area contributed by atoms with Crippen LogP contribution in [0.15, 0.2) is 42.5 Å². The normalized spacial score (nSPS) is 25.7. The van der Waals surface area contributed by atoms with E-state index in [2.05, 4.69) is 11.4 Å². The molecule has 1 aliphatic carbocycles. The number of amides is 1. The van der Waals surface area contributed by atoms with Crippen molar-refractivity contribution in [3.63, 3.8) is 0 Å². The van der Waals surface area contributed by atoms with E-state index in [9.17, 15) is 4.79 Å². The van der Waals surface area contributed by atoms with Gasteiger partial charge in [0.15, 0.2) is 0 Å². The summed E-state index contributed by atoms with van der Waals surface area (Å²) < 4.78 is 0. The fourth-order valence-electron chi connectivity index (χ4n) is 4.08. The Morgan fingerprint density at radius 2 is 1.91 bits per heavy atom. The molecule has 1 fully saturated rings. The summed E-state index contributed by atoms with van der Waals surface area (Å²) in [6.45, 7) is 0. The van der Waals surface area contributed by atoms with Gasteiger partial charge in [-0.1, -0.05) is 41.4 Å². The van der Waals surface area contributed by atoms with Crippen LogP contribution in [0.3, 0.4) is 0 Å². The Labute approximate surface area is 145 Å². The molecule has 0 spiro atoms. The Morgan fingerprint density at radius 3 is 2.74 bits per heavy atom. The maximum Gasteiger partial charge on any atom is 0.228 e. The Hall–Kier alpha value is -1.51. The van der Waals surface area contributed by atoms with Gasteiger partial charge in [-0.3, -0.25) is 4.79 Å². The summed E-state index contributed by atoms with van der Waals surface area (Å²) in [5.74, 6) is 0.445. The highest BCUT2D eigenvalue weighted by atomic mass is 35.5. The molecule has 0 radical (unpaired) electrons. The molecule has 0 saturated carbocycles. The number of aryl methyl sites for hydroxylation is 1. The highest BCUT2D eigenvalue weighted by molar-refractivity contribution is 6.30. The molecule has 2 nitrogen and oxygen atoms in total. The van der Waals surface area contributed by atoms with Crippen molar-refractivity contribution in [3.05, 3.63) is 69.2 Å². The van der Waals surface area contributed by atoms with Crippen LogP contribution in [0.4, 0.5) is 0 Å². The lowest BCUT2D eigenvalue weighted by molar-refractivity contribution is -0.120.